The molecule has 0 radical (unpaired) electrons. The van der Waals surface area contributed by atoms with E-state index in [1.54, 1.807) is 30.5 Å². The average Bonchev–Trinajstić information content (AvgIpc) is 1.67. The topological polar surface area (TPSA) is 58.6 Å². The van der Waals surface area contributed by atoms with Gasteiger partial charge in [-0.1, -0.05) is 169 Å². The standard InChI is InChI=1S/C72H45N7O.Pt/c1-47-40-70(73-45-60(47)49-41-71(77-62-31-12-6-25-54(62)55-26-7-13-32-63(55)77)74-72(42-49)78-64-33-14-8-27-56(64)57-28-9-15-34-65(57)78)79-66-35-16-10-29-58(66)59-39-38-52(44-69(59)79)80-51-23-19-22-50(43-51)75-46-76(68-37-18-17-36-67(68)75)61-30-11-5-24-53(61)48-20-3-2-4-21-48;/h2-42,45H,1H3;/q-2;/i1D3,2D,3D,4D,20D,21D;. The first-order valence-corrected chi connectivity index (χ1v) is 26.2. The molecule has 0 saturated carbocycles. The molecule has 16 aromatic rings. The molecule has 0 aliphatic heterocycles. The Morgan fingerprint density at radius 2 is 1.01 bits per heavy atom. The molecule has 386 valence electrons. The van der Waals surface area contributed by atoms with E-state index in [0.717, 1.165) is 70.9 Å². The fraction of sp³-hybridized carbons (Fsp3) is 0.0139. The van der Waals surface area contributed by atoms with Crippen molar-refractivity contribution >= 4 is 76.5 Å². The molecular weight excluding hydrogens is 1170 g/mol. The third-order valence-corrected chi connectivity index (χ3v) is 15.1. The van der Waals surface area contributed by atoms with Crippen molar-refractivity contribution in [3.63, 3.8) is 0 Å². The fourth-order valence-corrected chi connectivity index (χ4v) is 11.6. The van der Waals surface area contributed by atoms with E-state index >= 15 is 0 Å². The van der Waals surface area contributed by atoms with Crippen molar-refractivity contribution in [1.29, 1.82) is 0 Å². The summed E-state index contributed by atoms with van der Waals surface area (Å²) >= 11 is 0. The first-order valence-electron chi connectivity index (χ1n) is 30.2. The summed E-state index contributed by atoms with van der Waals surface area (Å²) in [5.74, 6) is 2.34. The molecule has 6 heterocycles. The van der Waals surface area contributed by atoms with E-state index < -0.39 is 25.0 Å². The van der Waals surface area contributed by atoms with Crippen LogP contribution in [0.1, 0.15) is 16.5 Å². The minimum absolute atomic E-state index is 0. The quantitative estimate of drug-likeness (QED) is 0.107. The van der Waals surface area contributed by atoms with Crippen LogP contribution in [-0.4, -0.2) is 28.2 Å². The zero-order valence-corrected chi connectivity index (χ0v) is 45.0. The van der Waals surface area contributed by atoms with Crippen LogP contribution in [-0.2, 0) is 21.1 Å². The van der Waals surface area contributed by atoms with Crippen LogP contribution in [0.4, 0.5) is 0 Å². The number of para-hydroxylation sites is 8. The summed E-state index contributed by atoms with van der Waals surface area (Å²) in [4.78, 5) is 10.7. The van der Waals surface area contributed by atoms with Gasteiger partial charge in [0.2, 0.25) is 0 Å². The minimum atomic E-state index is -2.61. The molecule has 10 aromatic carbocycles. The summed E-state index contributed by atoms with van der Waals surface area (Å²) in [5, 5.41) is 6.03. The van der Waals surface area contributed by atoms with Crippen LogP contribution < -0.4 is 9.30 Å². The molecule has 0 fully saturated rings. The Hall–Kier alpha value is -10.1. The van der Waals surface area contributed by atoms with Gasteiger partial charge in [-0.15, -0.1) is 29.7 Å². The predicted octanol–water partition coefficient (Wildman–Crippen LogP) is 16.8. The van der Waals surface area contributed by atoms with Gasteiger partial charge in [-0.05, 0) is 94.8 Å². The van der Waals surface area contributed by atoms with Gasteiger partial charge >= 0.3 is 0 Å². The van der Waals surface area contributed by atoms with Gasteiger partial charge in [0, 0.05) is 75.5 Å². The maximum absolute atomic E-state index is 9.24. The number of pyridine rings is 2. The number of aryl methyl sites for hydroxylation is 1. The number of hydrogen-bond acceptors (Lipinski definition) is 3. The molecular formula is C72H45N7OPt-2. The molecule has 0 saturated heterocycles. The van der Waals surface area contributed by atoms with Crippen LogP contribution in [0.2, 0.25) is 0 Å². The Labute approximate surface area is 491 Å². The van der Waals surface area contributed by atoms with Gasteiger partial charge in [-0.2, -0.15) is 18.2 Å². The first kappa shape index (κ1) is 40.1. The van der Waals surface area contributed by atoms with Gasteiger partial charge in [0.15, 0.2) is 0 Å². The third kappa shape index (κ3) is 7.82. The van der Waals surface area contributed by atoms with Crippen molar-refractivity contribution in [2.24, 2.45) is 0 Å². The first-order chi connectivity index (χ1) is 42.9. The number of ether oxygens (including phenoxy) is 1. The maximum Gasteiger partial charge on any atom is 0.268 e. The van der Waals surface area contributed by atoms with Gasteiger partial charge in [-0.3, -0.25) is 13.7 Å². The zero-order valence-electron chi connectivity index (χ0n) is 50.7. The van der Waals surface area contributed by atoms with E-state index in [2.05, 4.69) is 76.1 Å². The van der Waals surface area contributed by atoms with Gasteiger partial charge in [0.25, 0.3) is 6.33 Å². The molecule has 0 spiro atoms. The normalized spacial score (nSPS) is 13.2. The van der Waals surface area contributed by atoms with E-state index in [1.165, 1.54) is 0 Å². The number of aromatic nitrogens is 7. The Balaban J connectivity index is 0.00000663. The number of rotatable bonds is 9. The van der Waals surface area contributed by atoms with Crippen molar-refractivity contribution in [2.45, 2.75) is 6.85 Å². The molecule has 0 unspecified atom stereocenters. The Morgan fingerprint density at radius 1 is 0.469 bits per heavy atom. The molecule has 0 atom stereocenters. The molecule has 0 aliphatic rings. The maximum atomic E-state index is 9.24. The molecule has 0 amide bonds. The van der Waals surface area contributed by atoms with Crippen molar-refractivity contribution < 1.29 is 41.3 Å². The monoisotopic (exact) mass is 1230 g/mol. The summed E-state index contributed by atoms with van der Waals surface area (Å²) in [5.41, 5.74) is 9.56. The van der Waals surface area contributed by atoms with E-state index in [0.29, 0.717) is 62.5 Å². The molecule has 0 bridgehead atoms. The predicted molar refractivity (Wildman–Crippen MR) is 322 cm³/mol. The van der Waals surface area contributed by atoms with Crippen molar-refractivity contribution in [3.8, 4) is 62.6 Å². The van der Waals surface area contributed by atoms with Gasteiger partial charge in [-0.25, -0.2) is 9.97 Å². The second-order valence-corrected chi connectivity index (χ2v) is 19.6. The molecule has 81 heavy (non-hydrogen) atoms. The molecule has 0 N–H and O–H groups in total. The van der Waals surface area contributed by atoms with Gasteiger partial charge in [0.1, 0.15) is 17.5 Å². The van der Waals surface area contributed by atoms with Gasteiger partial charge in [0.05, 0.1) is 45.6 Å². The fourth-order valence-electron chi connectivity index (χ4n) is 11.6. The second-order valence-electron chi connectivity index (χ2n) is 19.6. The molecule has 16 rings (SSSR count). The summed E-state index contributed by atoms with van der Waals surface area (Å²) in [6, 6.07) is 75.8. The van der Waals surface area contributed by atoms with Crippen LogP contribution in [0.5, 0.6) is 11.5 Å². The SMILES string of the molecule is [2H]c1c([2H])c([2H])c(-c2ccccc2-[n+]2[c-]n(-c3[c-]c(Oc4[c-]c5c(cc4)c4ccccc4n5-c4cc(C([2H])([2H])[2H])c(-c5cc(-n6c7ccccc7c7ccccc76)nc(-n6c7ccccc7c7ccccc76)c5)cn4)ccc3)c3ccccc32)c([2H])c1[2H].[Pt]. The van der Waals surface area contributed by atoms with Gasteiger partial charge < -0.3 is 13.9 Å². The smallest absolute Gasteiger partial charge is 0.268 e. The molecule has 0 aliphatic carbocycles. The third-order valence-electron chi connectivity index (χ3n) is 15.1. The average molecular weight is 1230 g/mol. The number of imidazole rings is 1. The van der Waals surface area contributed by atoms with E-state index in [-0.39, 0.29) is 44.3 Å². The minimum Gasteiger partial charge on any atom is -0.510 e. The Bertz CT molecular complexity index is 5320. The van der Waals surface area contributed by atoms with Crippen molar-refractivity contribution in [2.75, 3.05) is 0 Å². The second kappa shape index (κ2) is 19.3. The Morgan fingerprint density at radius 3 is 1.64 bits per heavy atom. The molecule has 8 nitrogen and oxygen atoms in total. The van der Waals surface area contributed by atoms with Crippen LogP contribution in [0, 0.1) is 25.3 Å². The van der Waals surface area contributed by atoms with E-state index in [9.17, 15) is 4.11 Å². The number of fused-ring (bicyclic) bond motifs is 10. The van der Waals surface area contributed by atoms with Crippen LogP contribution >= 0.6 is 0 Å². The summed E-state index contributed by atoms with van der Waals surface area (Å²) in [6.07, 6.45) is 5.14. The number of benzene rings is 10. The summed E-state index contributed by atoms with van der Waals surface area (Å²) in [6.45, 7) is -2.61. The van der Waals surface area contributed by atoms with Crippen LogP contribution in [0.3, 0.4) is 0 Å². The Kier molecular flexibility index (Phi) is 9.58. The molecule has 9 heteroatoms. The van der Waals surface area contributed by atoms with Crippen molar-refractivity contribution in [3.05, 3.63) is 279 Å². The zero-order chi connectivity index (χ0) is 59.7. The summed E-state index contributed by atoms with van der Waals surface area (Å²) in [7, 11) is 0. The van der Waals surface area contributed by atoms with Crippen LogP contribution in [0.15, 0.2) is 255 Å². The summed E-state index contributed by atoms with van der Waals surface area (Å²) < 4.78 is 87.0. The largest absolute Gasteiger partial charge is 0.510 e. The van der Waals surface area contributed by atoms with Crippen molar-refractivity contribution in [1.82, 2.24) is 28.2 Å². The number of hydrogen-bond donors (Lipinski definition) is 0. The van der Waals surface area contributed by atoms with Crippen LogP contribution in [0.25, 0.3) is 128 Å². The number of nitrogens with zero attached hydrogens (tertiary/aromatic N) is 7. The molecule has 6 aromatic heterocycles. The van der Waals surface area contributed by atoms with E-state index in [1.807, 2.05) is 159 Å². The van der Waals surface area contributed by atoms with E-state index in [4.69, 9.17) is 21.6 Å².